The van der Waals surface area contributed by atoms with E-state index in [1.807, 2.05) is 12.1 Å². The Morgan fingerprint density at radius 2 is 1.90 bits per heavy atom. The van der Waals surface area contributed by atoms with Crippen LogP contribution in [0.1, 0.15) is 45.1 Å². The maximum Gasteiger partial charge on any atom is 0.122 e. The van der Waals surface area contributed by atoms with E-state index in [0.29, 0.717) is 25.2 Å². The molecule has 1 aromatic rings. The molecular weight excluding hydrogens is 250 g/mol. The highest BCUT2D eigenvalue weighted by molar-refractivity contribution is 5.36. The van der Waals surface area contributed by atoms with Gasteiger partial charge in [0.2, 0.25) is 0 Å². The van der Waals surface area contributed by atoms with Crippen molar-refractivity contribution in [3.8, 4) is 5.75 Å². The molecule has 0 aliphatic rings. The Balaban J connectivity index is 2.59. The summed E-state index contributed by atoms with van der Waals surface area (Å²) in [6, 6.07) is 8.85. The van der Waals surface area contributed by atoms with Gasteiger partial charge in [0, 0.05) is 13.2 Å². The summed E-state index contributed by atoms with van der Waals surface area (Å²) >= 11 is 0. The highest BCUT2D eigenvalue weighted by atomic mass is 16.5. The maximum atomic E-state index is 5.82. The third-order valence-corrected chi connectivity index (χ3v) is 3.44. The molecule has 0 saturated carbocycles. The Morgan fingerprint density at radius 3 is 2.60 bits per heavy atom. The molecule has 0 amide bonds. The van der Waals surface area contributed by atoms with Crippen molar-refractivity contribution in [2.45, 2.75) is 45.6 Å². The van der Waals surface area contributed by atoms with Crippen molar-refractivity contribution in [1.82, 2.24) is 5.32 Å². The molecule has 0 aromatic heterocycles. The number of hydrogen-bond donors (Lipinski definition) is 1. The summed E-state index contributed by atoms with van der Waals surface area (Å²) in [5.74, 6) is 1.47. The van der Waals surface area contributed by atoms with Gasteiger partial charge in [-0.1, -0.05) is 32.0 Å². The van der Waals surface area contributed by atoms with Gasteiger partial charge in [-0.05, 0) is 43.9 Å². The molecule has 1 aromatic carbocycles. The van der Waals surface area contributed by atoms with Gasteiger partial charge in [0.1, 0.15) is 12.4 Å². The number of nitrogens with one attached hydrogen (secondary N) is 1. The molecule has 0 radical (unpaired) electrons. The molecule has 0 spiro atoms. The van der Waals surface area contributed by atoms with Crippen LogP contribution in [0.3, 0.4) is 0 Å². The zero-order valence-electron chi connectivity index (χ0n) is 13.3. The van der Waals surface area contributed by atoms with E-state index in [2.05, 4.69) is 38.2 Å². The average molecular weight is 279 g/mol. The van der Waals surface area contributed by atoms with Crippen LogP contribution in [0.15, 0.2) is 24.3 Å². The highest BCUT2D eigenvalue weighted by Crippen LogP contribution is 2.29. The third-order valence-electron chi connectivity index (χ3n) is 3.44. The average Bonchev–Trinajstić information content (AvgIpc) is 2.46. The van der Waals surface area contributed by atoms with Crippen LogP contribution in [-0.2, 0) is 4.74 Å². The summed E-state index contributed by atoms with van der Waals surface area (Å²) in [6.45, 7) is 9.02. The SMILES string of the molecule is CCCNC(C)CC(C)c1ccccc1OCCOC. The van der Waals surface area contributed by atoms with Crippen LogP contribution >= 0.6 is 0 Å². The number of methoxy groups -OCH3 is 1. The number of benzene rings is 1. The topological polar surface area (TPSA) is 30.5 Å². The lowest BCUT2D eigenvalue weighted by molar-refractivity contribution is 0.145. The fraction of sp³-hybridized carbons (Fsp3) is 0.647. The molecule has 2 unspecified atom stereocenters. The summed E-state index contributed by atoms with van der Waals surface area (Å²) in [7, 11) is 1.69. The molecule has 3 heteroatoms. The number of para-hydroxylation sites is 1. The predicted octanol–water partition coefficient (Wildman–Crippen LogP) is 3.59. The van der Waals surface area contributed by atoms with Gasteiger partial charge in [0.05, 0.1) is 6.61 Å². The van der Waals surface area contributed by atoms with E-state index in [1.54, 1.807) is 7.11 Å². The van der Waals surface area contributed by atoms with E-state index < -0.39 is 0 Å². The normalized spacial score (nSPS) is 14.0. The molecule has 1 N–H and O–H groups in total. The van der Waals surface area contributed by atoms with Gasteiger partial charge in [-0.25, -0.2) is 0 Å². The summed E-state index contributed by atoms with van der Waals surface area (Å²) in [4.78, 5) is 0. The molecule has 114 valence electrons. The maximum absolute atomic E-state index is 5.82. The standard InChI is InChI=1S/C17H29NO2/c1-5-10-18-15(3)13-14(2)16-8-6-7-9-17(16)20-12-11-19-4/h6-9,14-15,18H,5,10-13H2,1-4H3. The Kier molecular flexibility index (Phi) is 8.31. The lowest BCUT2D eigenvalue weighted by Gasteiger charge is -2.21. The molecule has 2 atom stereocenters. The van der Waals surface area contributed by atoms with E-state index in [-0.39, 0.29) is 0 Å². The lowest BCUT2D eigenvalue weighted by Crippen LogP contribution is -2.28. The number of rotatable bonds is 10. The highest BCUT2D eigenvalue weighted by Gasteiger charge is 2.14. The van der Waals surface area contributed by atoms with Gasteiger partial charge in [-0.15, -0.1) is 0 Å². The summed E-state index contributed by atoms with van der Waals surface area (Å²) in [5, 5.41) is 3.54. The molecule has 0 fully saturated rings. The van der Waals surface area contributed by atoms with Crippen molar-refractivity contribution < 1.29 is 9.47 Å². The number of hydrogen-bond acceptors (Lipinski definition) is 3. The van der Waals surface area contributed by atoms with Crippen molar-refractivity contribution in [1.29, 1.82) is 0 Å². The first-order valence-corrected chi connectivity index (χ1v) is 7.63. The minimum absolute atomic E-state index is 0.480. The monoisotopic (exact) mass is 279 g/mol. The summed E-state index contributed by atoms with van der Waals surface area (Å²) < 4.78 is 10.9. The molecule has 0 saturated heterocycles. The minimum Gasteiger partial charge on any atom is -0.491 e. The van der Waals surface area contributed by atoms with E-state index in [0.717, 1.165) is 18.7 Å². The van der Waals surface area contributed by atoms with Crippen LogP contribution in [0.25, 0.3) is 0 Å². The molecule has 0 aliphatic carbocycles. The van der Waals surface area contributed by atoms with Gasteiger partial charge >= 0.3 is 0 Å². The minimum atomic E-state index is 0.480. The quantitative estimate of drug-likeness (QED) is 0.664. The second-order valence-electron chi connectivity index (χ2n) is 5.37. The van der Waals surface area contributed by atoms with Crippen LogP contribution < -0.4 is 10.1 Å². The first kappa shape index (κ1) is 17.0. The Labute approximate surface area is 123 Å². The van der Waals surface area contributed by atoms with Crippen LogP contribution in [0.2, 0.25) is 0 Å². The molecule has 0 bridgehead atoms. The number of ether oxygens (including phenoxy) is 2. The van der Waals surface area contributed by atoms with E-state index in [9.17, 15) is 0 Å². The fourth-order valence-corrected chi connectivity index (χ4v) is 2.39. The van der Waals surface area contributed by atoms with E-state index in [4.69, 9.17) is 9.47 Å². The second kappa shape index (κ2) is 9.78. The predicted molar refractivity (Wildman–Crippen MR) is 84.6 cm³/mol. The van der Waals surface area contributed by atoms with Gasteiger partial charge in [-0.3, -0.25) is 0 Å². The molecule has 3 nitrogen and oxygen atoms in total. The fourth-order valence-electron chi connectivity index (χ4n) is 2.39. The van der Waals surface area contributed by atoms with Crippen molar-refractivity contribution in [2.75, 3.05) is 26.9 Å². The van der Waals surface area contributed by atoms with E-state index in [1.165, 1.54) is 12.0 Å². The van der Waals surface area contributed by atoms with Crippen LogP contribution in [0.5, 0.6) is 5.75 Å². The Morgan fingerprint density at radius 1 is 1.15 bits per heavy atom. The van der Waals surface area contributed by atoms with Crippen LogP contribution in [0, 0.1) is 0 Å². The van der Waals surface area contributed by atoms with Crippen LogP contribution in [0.4, 0.5) is 0 Å². The van der Waals surface area contributed by atoms with Gasteiger partial charge in [-0.2, -0.15) is 0 Å². The Hall–Kier alpha value is -1.06. The molecule has 1 rings (SSSR count). The van der Waals surface area contributed by atoms with Crippen molar-refractivity contribution >= 4 is 0 Å². The third kappa shape index (κ3) is 5.93. The van der Waals surface area contributed by atoms with Gasteiger partial charge in [0.25, 0.3) is 0 Å². The Bertz CT molecular complexity index is 368. The largest absolute Gasteiger partial charge is 0.491 e. The van der Waals surface area contributed by atoms with Gasteiger partial charge in [0.15, 0.2) is 0 Å². The van der Waals surface area contributed by atoms with E-state index >= 15 is 0 Å². The smallest absolute Gasteiger partial charge is 0.122 e. The molecule has 0 aliphatic heterocycles. The zero-order chi connectivity index (χ0) is 14.8. The second-order valence-corrected chi connectivity index (χ2v) is 5.37. The molecule has 0 heterocycles. The molecular formula is C17H29NO2. The first-order valence-electron chi connectivity index (χ1n) is 7.63. The zero-order valence-corrected chi connectivity index (χ0v) is 13.3. The first-order chi connectivity index (χ1) is 9.69. The van der Waals surface area contributed by atoms with Crippen molar-refractivity contribution in [3.05, 3.63) is 29.8 Å². The lowest BCUT2D eigenvalue weighted by atomic mass is 9.93. The molecule has 20 heavy (non-hydrogen) atoms. The van der Waals surface area contributed by atoms with Gasteiger partial charge < -0.3 is 14.8 Å². The van der Waals surface area contributed by atoms with Crippen molar-refractivity contribution in [2.24, 2.45) is 0 Å². The summed E-state index contributed by atoms with van der Waals surface area (Å²) in [6.07, 6.45) is 2.29. The van der Waals surface area contributed by atoms with Crippen LogP contribution in [-0.4, -0.2) is 32.9 Å². The van der Waals surface area contributed by atoms with Crippen molar-refractivity contribution in [3.63, 3.8) is 0 Å². The summed E-state index contributed by atoms with van der Waals surface area (Å²) in [5.41, 5.74) is 1.29.